The van der Waals surface area contributed by atoms with Crippen LogP contribution in [0.4, 0.5) is 0 Å². The average Bonchev–Trinajstić information content (AvgIpc) is 2.95. The zero-order valence-electron chi connectivity index (χ0n) is 11.5. The van der Waals surface area contributed by atoms with Crippen molar-refractivity contribution in [3.8, 4) is 11.5 Å². The van der Waals surface area contributed by atoms with Gasteiger partial charge in [0.1, 0.15) is 0 Å². The minimum Gasteiger partial charge on any atom is -0.454 e. The fourth-order valence-corrected chi connectivity index (χ4v) is 2.70. The molecule has 0 radical (unpaired) electrons. The van der Waals surface area contributed by atoms with Crippen molar-refractivity contribution >= 4 is 0 Å². The quantitative estimate of drug-likeness (QED) is 0.810. The molecule has 0 fully saturated rings. The highest BCUT2D eigenvalue weighted by Crippen LogP contribution is 2.34. The van der Waals surface area contributed by atoms with E-state index in [-0.39, 0.29) is 6.79 Å². The third-order valence-electron chi connectivity index (χ3n) is 3.93. The fraction of sp³-hybridized carbons (Fsp3) is 0.500. The number of benzene rings is 1. The molecule has 2 atom stereocenters. The van der Waals surface area contributed by atoms with Gasteiger partial charge in [0.15, 0.2) is 11.5 Å². The minimum atomic E-state index is -0.511. The van der Waals surface area contributed by atoms with Gasteiger partial charge in [0, 0.05) is 6.54 Å². The van der Waals surface area contributed by atoms with E-state index in [2.05, 4.69) is 17.5 Å². The lowest BCUT2D eigenvalue weighted by atomic mass is 9.94. The smallest absolute Gasteiger partial charge is 0.231 e. The minimum absolute atomic E-state index is 0.266. The van der Waals surface area contributed by atoms with E-state index in [0.29, 0.717) is 12.5 Å². The van der Waals surface area contributed by atoms with Crippen LogP contribution in [0.5, 0.6) is 11.5 Å². The van der Waals surface area contributed by atoms with Crippen LogP contribution < -0.4 is 14.8 Å². The summed E-state index contributed by atoms with van der Waals surface area (Å²) in [6.45, 7) is 1.80. The highest BCUT2D eigenvalue weighted by molar-refractivity contribution is 5.45. The van der Waals surface area contributed by atoms with Gasteiger partial charge in [0.05, 0.1) is 6.10 Å². The molecule has 0 amide bonds. The van der Waals surface area contributed by atoms with E-state index in [9.17, 15) is 5.11 Å². The average molecular weight is 275 g/mol. The summed E-state index contributed by atoms with van der Waals surface area (Å²) in [4.78, 5) is 0. The molecule has 1 aromatic rings. The number of nitrogens with one attached hydrogen (secondary N) is 1. The van der Waals surface area contributed by atoms with Crippen LogP contribution in [0, 0.1) is 5.92 Å². The monoisotopic (exact) mass is 275 g/mol. The highest BCUT2D eigenvalue weighted by Gasteiger charge is 2.17. The van der Waals surface area contributed by atoms with Crippen LogP contribution in [-0.2, 0) is 0 Å². The van der Waals surface area contributed by atoms with E-state index in [1.807, 2.05) is 18.2 Å². The van der Waals surface area contributed by atoms with Gasteiger partial charge in [0.2, 0.25) is 6.79 Å². The molecule has 0 bridgehead atoms. The van der Waals surface area contributed by atoms with Gasteiger partial charge in [-0.1, -0.05) is 18.2 Å². The molecule has 2 N–H and O–H groups in total. The zero-order valence-corrected chi connectivity index (χ0v) is 11.5. The van der Waals surface area contributed by atoms with Crippen LogP contribution in [0.15, 0.2) is 30.4 Å². The van der Waals surface area contributed by atoms with Crippen molar-refractivity contribution in [2.24, 2.45) is 5.92 Å². The number of allylic oxidation sites excluding steroid dienone is 2. The topological polar surface area (TPSA) is 50.7 Å². The molecule has 4 heteroatoms. The molecular weight excluding hydrogens is 254 g/mol. The number of hydrogen-bond donors (Lipinski definition) is 2. The first-order valence-corrected chi connectivity index (χ1v) is 7.26. The molecule has 0 spiro atoms. The summed E-state index contributed by atoms with van der Waals surface area (Å²) in [7, 11) is 0. The van der Waals surface area contributed by atoms with E-state index < -0.39 is 6.10 Å². The van der Waals surface area contributed by atoms with Crippen molar-refractivity contribution in [3.05, 3.63) is 35.9 Å². The second-order valence-corrected chi connectivity index (χ2v) is 5.44. The van der Waals surface area contributed by atoms with Gasteiger partial charge in [-0.25, -0.2) is 0 Å². The van der Waals surface area contributed by atoms with Crippen molar-refractivity contribution in [3.63, 3.8) is 0 Å². The molecule has 1 aromatic carbocycles. The zero-order chi connectivity index (χ0) is 13.8. The van der Waals surface area contributed by atoms with Crippen LogP contribution in [0.2, 0.25) is 0 Å². The van der Waals surface area contributed by atoms with Crippen molar-refractivity contribution < 1.29 is 14.6 Å². The molecule has 0 aromatic heterocycles. The van der Waals surface area contributed by atoms with Gasteiger partial charge in [-0.2, -0.15) is 0 Å². The van der Waals surface area contributed by atoms with Crippen molar-refractivity contribution in [2.45, 2.75) is 25.4 Å². The Bertz CT molecular complexity index is 487. The molecule has 0 saturated heterocycles. The lowest BCUT2D eigenvalue weighted by Gasteiger charge is -2.19. The number of rotatable bonds is 5. The van der Waals surface area contributed by atoms with Crippen molar-refractivity contribution in [1.82, 2.24) is 5.32 Å². The number of fused-ring (bicyclic) bond motifs is 1. The molecule has 108 valence electrons. The number of hydrogen-bond acceptors (Lipinski definition) is 4. The fourth-order valence-electron chi connectivity index (χ4n) is 2.70. The summed E-state index contributed by atoms with van der Waals surface area (Å²) in [5, 5.41) is 13.6. The molecule has 4 nitrogen and oxygen atoms in total. The molecule has 1 heterocycles. The molecule has 2 unspecified atom stereocenters. The predicted octanol–water partition coefficient (Wildman–Crippen LogP) is 2.39. The second kappa shape index (κ2) is 6.29. The van der Waals surface area contributed by atoms with Gasteiger partial charge in [-0.3, -0.25) is 0 Å². The van der Waals surface area contributed by atoms with E-state index in [1.54, 1.807) is 0 Å². The predicted molar refractivity (Wildman–Crippen MR) is 76.9 cm³/mol. The van der Waals surface area contributed by atoms with Crippen LogP contribution in [-0.4, -0.2) is 25.0 Å². The standard InChI is InChI=1S/C16H21NO3/c18-14(10-17-9-12-4-2-1-3-5-12)13-6-7-15-16(8-13)20-11-19-15/h1-2,6-8,12,14,17-18H,3-5,9-11H2. The van der Waals surface area contributed by atoms with E-state index in [1.165, 1.54) is 12.8 Å². The SMILES string of the molecule is OC(CNCC1CC=CCC1)c1ccc2c(c1)OCO2. The summed E-state index contributed by atoms with van der Waals surface area (Å²) < 4.78 is 10.6. The maximum absolute atomic E-state index is 10.2. The van der Waals surface area contributed by atoms with E-state index in [0.717, 1.165) is 30.0 Å². The number of aliphatic hydroxyl groups is 1. The molecule has 1 aliphatic carbocycles. The van der Waals surface area contributed by atoms with Gasteiger partial charge in [0.25, 0.3) is 0 Å². The summed E-state index contributed by atoms with van der Waals surface area (Å²) in [6.07, 6.45) is 7.55. The van der Waals surface area contributed by atoms with Gasteiger partial charge >= 0.3 is 0 Å². The van der Waals surface area contributed by atoms with Gasteiger partial charge < -0.3 is 19.9 Å². The Morgan fingerprint density at radius 1 is 1.25 bits per heavy atom. The largest absolute Gasteiger partial charge is 0.454 e. The Morgan fingerprint density at radius 3 is 3.00 bits per heavy atom. The Hall–Kier alpha value is -1.52. The van der Waals surface area contributed by atoms with Gasteiger partial charge in [-0.05, 0) is 49.4 Å². The van der Waals surface area contributed by atoms with Gasteiger partial charge in [-0.15, -0.1) is 0 Å². The number of ether oxygens (including phenoxy) is 2. The maximum Gasteiger partial charge on any atom is 0.231 e. The second-order valence-electron chi connectivity index (χ2n) is 5.44. The molecule has 2 aliphatic rings. The molecule has 0 saturated carbocycles. The lowest BCUT2D eigenvalue weighted by molar-refractivity contribution is 0.169. The van der Waals surface area contributed by atoms with Crippen molar-refractivity contribution in [2.75, 3.05) is 19.9 Å². The summed E-state index contributed by atoms with van der Waals surface area (Å²) >= 11 is 0. The van der Waals surface area contributed by atoms with Crippen LogP contribution in [0.25, 0.3) is 0 Å². The lowest BCUT2D eigenvalue weighted by Crippen LogP contribution is -2.27. The summed E-state index contributed by atoms with van der Waals surface area (Å²) in [6, 6.07) is 5.61. The number of aliphatic hydroxyl groups excluding tert-OH is 1. The normalized spacial score (nSPS) is 21.9. The first kappa shape index (κ1) is 13.5. The highest BCUT2D eigenvalue weighted by atomic mass is 16.7. The molecular formula is C16H21NO3. The van der Waals surface area contributed by atoms with E-state index >= 15 is 0 Å². The molecule has 3 rings (SSSR count). The van der Waals surface area contributed by atoms with Crippen LogP contribution >= 0.6 is 0 Å². The third kappa shape index (κ3) is 3.14. The Labute approximate surface area is 119 Å². The van der Waals surface area contributed by atoms with Crippen molar-refractivity contribution in [1.29, 1.82) is 0 Å². The first-order valence-electron chi connectivity index (χ1n) is 7.26. The van der Waals surface area contributed by atoms with E-state index in [4.69, 9.17) is 9.47 Å². The van der Waals surface area contributed by atoms with Crippen LogP contribution in [0.3, 0.4) is 0 Å². The third-order valence-corrected chi connectivity index (χ3v) is 3.93. The first-order chi connectivity index (χ1) is 9.83. The molecule has 20 heavy (non-hydrogen) atoms. The molecule has 1 aliphatic heterocycles. The van der Waals surface area contributed by atoms with Crippen LogP contribution in [0.1, 0.15) is 30.9 Å². The summed E-state index contributed by atoms with van der Waals surface area (Å²) in [5.74, 6) is 2.17. The summed E-state index contributed by atoms with van der Waals surface area (Å²) in [5.41, 5.74) is 0.866. The Balaban J connectivity index is 1.49. The maximum atomic E-state index is 10.2. The Kier molecular flexibility index (Phi) is 4.23. The Morgan fingerprint density at radius 2 is 2.15 bits per heavy atom.